The van der Waals surface area contributed by atoms with Crippen molar-refractivity contribution in [2.75, 3.05) is 27.3 Å². The minimum atomic E-state index is 0.00565. The zero-order valence-electron chi connectivity index (χ0n) is 11.2. The van der Waals surface area contributed by atoms with Crippen LogP contribution in [0.3, 0.4) is 0 Å². The van der Waals surface area contributed by atoms with E-state index < -0.39 is 0 Å². The number of likely N-dealkylation sites (tertiary alicyclic amines) is 1. The molecule has 1 aromatic rings. The Balaban J connectivity index is 2.19. The van der Waals surface area contributed by atoms with Crippen molar-refractivity contribution in [3.8, 4) is 5.75 Å². The number of ether oxygens (including phenoxy) is 2. The molecule has 1 aliphatic heterocycles. The van der Waals surface area contributed by atoms with Crippen LogP contribution in [0.2, 0.25) is 0 Å². The molecule has 0 aliphatic carbocycles. The first-order valence-corrected chi connectivity index (χ1v) is 7.10. The van der Waals surface area contributed by atoms with Crippen LogP contribution in [0.4, 0.5) is 0 Å². The van der Waals surface area contributed by atoms with Gasteiger partial charge in [-0.2, -0.15) is 0 Å². The van der Waals surface area contributed by atoms with Gasteiger partial charge in [0.2, 0.25) is 0 Å². The average molecular weight is 328 g/mol. The maximum absolute atomic E-state index is 12.5. The smallest absolute Gasteiger partial charge is 0.257 e. The lowest BCUT2D eigenvalue weighted by Gasteiger charge is -2.32. The van der Waals surface area contributed by atoms with Crippen molar-refractivity contribution in [3.05, 3.63) is 28.2 Å². The fraction of sp³-hybridized carbons (Fsp3) is 0.500. The fourth-order valence-corrected chi connectivity index (χ4v) is 2.67. The molecule has 1 unspecified atom stereocenters. The number of nitrogens with zero attached hydrogens (tertiary/aromatic N) is 1. The molecule has 5 heteroatoms. The van der Waals surface area contributed by atoms with Crippen LogP contribution in [0.25, 0.3) is 0 Å². The van der Waals surface area contributed by atoms with E-state index in [1.807, 2.05) is 17.0 Å². The van der Waals surface area contributed by atoms with Gasteiger partial charge in [-0.15, -0.1) is 0 Å². The normalized spacial score (nSPS) is 19.3. The van der Waals surface area contributed by atoms with E-state index in [2.05, 4.69) is 15.9 Å². The van der Waals surface area contributed by atoms with Crippen molar-refractivity contribution in [3.63, 3.8) is 0 Å². The molecule has 0 aromatic heterocycles. The number of halogens is 1. The predicted octanol–water partition coefficient (Wildman–Crippen LogP) is 2.71. The third kappa shape index (κ3) is 3.28. The second-order valence-electron chi connectivity index (χ2n) is 4.60. The number of carbonyl (C=O) groups is 1. The summed E-state index contributed by atoms with van der Waals surface area (Å²) in [6.45, 7) is 1.42. The van der Waals surface area contributed by atoms with Crippen molar-refractivity contribution in [2.24, 2.45) is 0 Å². The summed E-state index contributed by atoms with van der Waals surface area (Å²) in [7, 11) is 3.27. The average Bonchev–Trinajstić information content (AvgIpc) is 2.46. The summed E-state index contributed by atoms with van der Waals surface area (Å²) in [6, 6.07) is 5.46. The van der Waals surface area contributed by atoms with Gasteiger partial charge >= 0.3 is 0 Å². The summed E-state index contributed by atoms with van der Waals surface area (Å²) in [5.41, 5.74) is 0.599. The third-order valence-electron chi connectivity index (χ3n) is 3.39. The van der Waals surface area contributed by atoms with Gasteiger partial charge in [-0.05, 0) is 31.0 Å². The van der Waals surface area contributed by atoms with Gasteiger partial charge in [0.15, 0.2) is 0 Å². The number of piperidine rings is 1. The van der Waals surface area contributed by atoms with E-state index in [1.54, 1.807) is 20.3 Å². The SMILES string of the molecule is COc1cc(Br)ccc1C(=O)N1CCCC(OC)C1. The molecule has 1 atom stereocenters. The van der Waals surface area contributed by atoms with Crippen LogP contribution in [0.5, 0.6) is 5.75 Å². The highest BCUT2D eigenvalue weighted by atomic mass is 79.9. The van der Waals surface area contributed by atoms with Crippen molar-refractivity contribution < 1.29 is 14.3 Å². The first kappa shape index (κ1) is 14.3. The second kappa shape index (κ2) is 6.39. The van der Waals surface area contributed by atoms with Crippen LogP contribution in [0, 0.1) is 0 Å². The van der Waals surface area contributed by atoms with E-state index in [1.165, 1.54) is 0 Å². The highest BCUT2D eigenvalue weighted by Crippen LogP contribution is 2.26. The fourth-order valence-electron chi connectivity index (χ4n) is 2.33. The molecule has 1 fully saturated rings. The Morgan fingerprint density at radius 3 is 2.89 bits per heavy atom. The van der Waals surface area contributed by atoms with Gasteiger partial charge < -0.3 is 14.4 Å². The van der Waals surface area contributed by atoms with Crippen LogP contribution in [-0.4, -0.2) is 44.2 Å². The molecule has 1 aromatic carbocycles. The number of methoxy groups -OCH3 is 2. The van der Waals surface area contributed by atoms with E-state index in [0.29, 0.717) is 17.9 Å². The number of hydrogen-bond acceptors (Lipinski definition) is 3. The molecule has 104 valence electrons. The molecular weight excluding hydrogens is 310 g/mol. The molecule has 2 rings (SSSR count). The highest BCUT2D eigenvalue weighted by molar-refractivity contribution is 9.10. The summed E-state index contributed by atoms with van der Waals surface area (Å²) in [5, 5.41) is 0. The van der Waals surface area contributed by atoms with Crippen molar-refractivity contribution in [1.82, 2.24) is 4.90 Å². The van der Waals surface area contributed by atoms with E-state index in [-0.39, 0.29) is 12.0 Å². The lowest BCUT2D eigenvalue weighted by atomic mass is 10.1. The number of amides is 1. The van der Waals surface area contributed by atoms with Crippen LogP contribution < -0.4 is 4.74 Å². The minimum absolute atomic E-state index is 0.00565. The summed E-state index contributed by atoms with van der Waals surface area (Å²) in [5.74, 6) is 0.602. The zero-order valence-corrected chi connectivity index (χ0v) is 12.8. The molecule has 0 bridgehead atoms. The summed E-state index contributed by atoms with van der Waals surface area (Å²) >= 11 is 3.38. The van der Waals surface area contributed by atoms with Gasteiger partial charge in [0, 0.05) is 24.7 Å². The number of carbonyl (C=O) groups excluding carboxylic acids is 1. The van der Waals surface area contributed by atoms with E-state index in [4.69, 9.17) is 9.47 Å². The molecule has 1 aliphatic rings. The number of benzene rings is 1. The van der Waals surface area contributed by atoms with E-state index >= 15 is 0 Å². The molecule has 0 radical (unpaired) electrons. The molecule has 1 amide bonds. The van der Waals surface area contributed by atoms with Crippen molar-refractivity contribution in [1.29, 1.82) is 0 Å². The maximum Gasteiger partial charge on any atom is 0.257 e. The van der Waals surface area contributed by atoms with Crippen molar-refractivity contribution in [2.45, 2.75) is 18.9 Å². The van der Waals surface area contributed by atoms with E-state index in [9.17, 15) is 4.79 Å². The lowest BCUT2D eigenvalue weighted by Crippen LogP contribution is -2.43. The monoisotopic (exact) mass is 327 g/mol. The van der Waals surface area contributed by atoms with Gasteiger partial charge in [0.25, 0.3) is 5.91 Å². The molecule has 1 saturated heterocycles. The quantitative estimate of drug-likeness (QED) is 0.856. The summed E-state index contributed by atoms with van der Waals surface area (Å²) < 4.78 is 11.5. The largest absolute Gasteiger partial charge is 0.496 e. The Morgan fingerprint density at radius 1 is 1.42 bits per heavy atom. The Morgan fingerprint density at radius 2 is 2.21 bits per heavy atom. The Labute approximate surface area is 121 Å². The summed E-state index contributed by atoms with van der Waals surface area (Å²) in [6.07, 6.45) is 2.13. The van der Waals surface area contributed by atoms with Crippen LogP contribution in [-0.2, 0) is 4.74 Å². The molecule has 0 N–H and O–H groups in total. The highest BCUT2D eigenvalue weighted by Gasteiger charge is 2.26. The van der Waals surface area contributed by atoms with Gasteiger partial charge in [0.05, 0.1) is 18.8 Å². The van der Waals surface area contributed by atoms with E-state index in [0.717, 1.165) is 23.9 Å². The molecule has 0 saturated carbocycles. The number of hydrogen-bond donors (Lipinski definition) is 0. The first-order valence-electron chi connectivity index (χ1n) is 6.31. The zero-order chi connectivity index (χ0) is 13.8. The topological polar surface area (TPSA) is 38.8 Å². The Bertz CT molecular complexity index is 464. The molecule has 4 nitrogen and oxygen atoms in total. The van der Waals surface area contributed by atoms with Gasteiger partial charge in [0.1, 0.15) is 5.75 Å². The second-order valence-corrected chi connectivity index (χ2v) is 5.51. The van der Waals surface area contributed by atoms with Crippen LogP contribution >= 0.6 is 15.9 Å². The van der Waals surface area contributed by atoms with Crippen LogP contribution in [0.15, 0.2) is 22.7 Å². The third-order valence-corrected chi connectivity index (χ3v) is 3.89. The maximum atomic E-state index is 12.5. The Kier molecular flexibility index (Phi) is 4.82. The summed E-state index contributed by atoms with van der Waals surface area (Å²) in [4.78, 5) is 14.4. The van der Waals surface area contributed by atoms with Crippen molar-refractivity contribution >= 4 is 21.8 Å². The lowest BCUT2D eigenvalue weighted by molar-refractivity contribution is 0.0267. The molecule has 0 spiro atoms. The molecule has 1 heterocycles. The number of rotatable bonds is 3. The van der Waals surface area contributed by atoms with Gasteiger partial charge in [-0.1, -0.05) is 15.9 Å². The Hall–Kier alpha value is -1.07. The predicted molar refractivity (Wildman–Crippen MR) is 76.6 cm³/mol. The first-order chi connectivity index (χ1) is 9.15. The standard InChI is InChI=1S/C14H18BrNO3/c1-18-11-4-3-7-16(9-11)14(17)12-6-5-10(15)8-13(12)19-2/h5-6,8,11H,3-4,7,9H2,1-2H3. The molecular formula is C14H18BrNO3. The van der Waals surface area contributed by atoms with Gasteiger partial charge in [-0.25, -0.2) is 0 Å². The minimum Gasteiger partial charge on any atom is -0.496 e. The van der Waals surface area contributed by atoms with Gasteiger partial charge in [-0.3, -0.25) is 4.79 Å². The van der Waals surface area contributed by atoms with Crippen LogP contribution in [0.1, 0.15) is 23.2 Å². The molecule has 19 heavy (non-hydrogen) atoms.